The smallest absolute Gasteiger partial charge is 0.394 e. The maximum Gasteiger partial charge on any atom is 0.394 e. The summed E-state index contributed by atoms with van der Waals surface area (Å²) in [6.07, 6.45) is 0.359. The summed E-state index contributed by atoms with van der Waals surface area (Å²) in [5, 5.41) is 8.48. The molecule has 1 amide bonds. The molecule has 9 nitrogen and oxygen atoms in total. The third-order valence-corrected chi connectivity index (χ3v) is 9.00. The van der Waals surface area contributed by atoms with Crippen LogP contribution < -0.4 is 19.7 Å². The lowest BCUT2D eigenvalue weighted by Gasteiger charge is -2.38. The topological polar surface area (TPSA) is 97.2 Å². The number of ether oxygens (including phenoxy) is 1. The first kappa shape index (κ1) is 27.7. The number of aromatic nitrogens is 4. The van der Waals surface area contributed by atoms with E-state index in [0.29, 0.717) is 28.8 Å². The van der Waals surface area contributed by atoms with Gasteiger partial charge >= 0.3 is 6.18 Å². The van der Waals surface area contributed by atoms with Crippen molar-refractivity contribution in [2.75, 3.05) is 23.4 Å². The van der Waals surface area contributed by atoms with Crippen molar-refractivity contribution >= 4 is 29.5 Å². The molecule has 0 aromatic carbocycles. The highest BCUT2D eigenvalue weighted by molar-refractivity contribution is 7.97. The number of alkyl halides is 3. The van der Waals surface area contributed by atoms with E-state index in [1.54, 1.807) is 24.4 Å². The first-order valence-electron chi connectivity index (χ1n) is 13.8. The van der Waals surface area contributed by atoms with Crippen molar-refractivity contribution in [2.45, 2.75) is 75.2 Å². The number of amides is 1. The largest absolute Gasteiger partial charge is 0.477 e. The number of hydrogen-bond acceptors (Lipinski definition) is 8. The van der Waals surface area contributed by atoms with Crippen molar-refractivity contribution in [3.05, 3.63) is 48.2 Å². The standard InChI is InChI=1S/C28H32F3N7O2S/c1-26(2)11-8-18-9-15-32-20-4-3-5-23(33-20)41-36-25(39)19-6-7-21(34-24(19)38(18)26)37-16-10-22(35-37)40-17-14-27(12-13-27)28(29,30)31/h3-7,10,16,18H,8-9,11-15,17H2,1-2H3,(H,32,33)(H,36,39). The highest BCUT2D eigenvalue weighted by Gasteiger charge is 2.62. The number of nitrogens with zero attached hydrogens (tertiary/aromatic N) is 5. The van der Waals surface area contributed by atoms with E-state index < -0.39 is 11.6 Å². The van der Waals surface area contributed by atoms with Crippen molar-refractivity contribution in [3.8, 4) is 11.7 Å². The molecule has 1 saturated heterocycles. The van der Waals surface area contributed by atoms with E-state index in [-0.39, 0.29) is 49.2 Å². The van der Waals surface area contributed by atoms with Crippen LogP contribution in [-0.2, 0) is 0 Å². The minimum Gasteiger partial charge on any atom is -0.477 e. The zero-order valence-corrected chi connectivity index (χ0v) is 23.7. The van der Waals surface area contributed by atoms with Crippen LogP contribution in [0.3, 0.4) is 0 Å². The fourth-order valence-electron chi connectivity index (χ4n) is 5.70. The molecule has 0 spiro atoms. The van der Waals surface area contributed by atoms with E-state index in [9.17, 15) is 18.0 Å². The third kappa shape index (κ3) is 5.55. The average Bonchev–Trinajstić information content (AvgIpc) is 3.48. The Balaban J connectivity index is 1.27. The van der Waals surface area contributed by atoms with Gasteiger partial charge in [0, 0.05) is 42.3 Å². The van der Waals surface area contributed by atoms with Crippen LogP contribution in [0.4, 0.5) is 24.8 Å². The Morgan fingerprint density at radius 2 is 1.93 bits per heavy atom. The van der Waals surface area contributed by atoms with Crippen LogP contribution in [0.5, 0.6) is 5.88 Å². The van der Waals surface area contributed by atoms with Crippen molar-refractivity contribution in [3.63, 3.8) is 0 Å². The Morgan fingerprint density at radius 3 is 2.71 bits per heavy atom. The molecule has 0 radical (unpaired) electrons. The third-order valence-electron chi connectivity index (χ3n) is 8.28. The minimum atomic E-state index is -4.21. The monoisotopic (exact) mass is 587 g/mol. The van der Waals surface area contributed by atoms with E-state index in [1.165, 1.54) is 4.68 Å². The summed E-state index contributed by atoms with van der Waals surface area (Å²) < 4.78 is 49.8. The molecule has 6 rings (SSSR count). The van der Waals surface area contributed by atoms with Gasteiger partial charge in [-0.1, -0.05) is 6.07 Å². The van der Waals surface area contributed by atoms with Crippen molar-refractivity contribution in [1.29, 1.82) is 0 Å². The van der Waals surface area contributed by atoms with Gasteiger partial charge in [-0.2, -0.15) is 13.2 Å². The van der Waals surface area contributed by atoms with Gasteiger partial charge in [0.2, 0.25) is 5.88 Å². The van der Waals surface area contributed by atoms with Gasteiger partial charge in [0.05, 0.1) is 17.6 Å². The van der Waals surface area contributed by atoms with Crippen molar-refractivity contribution < 1.29 is 22.7 Å². The Hall–Kier alpha value is -3.48. The summed E-state index contributed by atoms with van der Waals surface area (Å²) in [6.45, 7) is 4.95. The molecule has 2 N–H and O–H groups in total. The highest BCUT2D eigenvalue weighted by Crippen LogP contribution is 2.59. The maximum atomic E-state index is 13.5. The first-order chi connectivity index (χ1) is 19.5. The number of anilines is 2. The number of nitrogens with one attached hydrogen (secondary N) is 2. The van der Waals surface area contributed by atoms with E-state index in [1.807, 2.05) is 18.2 Å². The molecule has 2 bridgehead atoms. The molecule has 1 unspecified atom stereocenters. The fourth-order valence-corrected chi connectivity index (χ4v) is 6.30. The molecule has 3 aromatic rings. The lowest BCUT2D eigenvalue weighted by molar-refractivity contribution is -0.190. The minimum absolute atomic E-state index is 0.0684. The molecular formula is C28H32F3N7O2S. The van der Waals surface area contributed by atoms with E-state index in [0.717, 1.165) is 37.0 Å². The Labute approximate surface area is 240 Å². The number of halogens is 3. The van der Waals surface area contributed by atoms with Crippen LogP contribution >= 0.6 is 11.9 Å². The van der Waals surface area contributed by atoms with Crippen molar-refractivity contribution in [1.82, 2.24) is 24.5 Å². The van der Waals surface area contributed by atoms with Crippen LogP contribution in [0.15, 0.2) is 47.6 Å². The molecule has 5 heterocycles. The molecule has 1 atom stereocenters. The van der Waals surface area contributed by atoms with Gasteiger partial charge in [0.1, 0.15) is 16.7 Å². The predicted molar refractivity (Wildman–Crippen MR) is 149 cm³/mol. The first-order valence-corrected chi connectivity index (χ1v) is 14.6. The summed E-state index contributed by atoms with van der Waals surface area (Å²) in [5.74, 6) is 1.74. The Morgan fingerprint density at radius 1 is 1.10 bits per heavy atom. The van der Waals surface area contributed by atoms with Gasteiger partial charge in [-0.25, -0.2) is 14.6 Å². The van der Waals surface area contributed by atoms with Gasteiger partial charge in [0.15, 0.2) is 5.82 Å². The van der Waals surface area contributed by atoms with Crippen molar-refractivity contribution in [2.24, 2.45) is 5.41 Å². The molecule has 3 aliphatic rings. The molecule has 41 heavy (non-hydrogen) atoms. The normalized spacial score (nSPS) is 21.3. The van der Waals surface area contributed by atoms with E-state index >= 15 is 0 Å². The van der Waals surface area contributed by atoms with Crippen LogP contribution in [0.25, 0.3) is 5.82 Å². The second kappa shape index (κ2) is 10.4. The predicted octanol–water partition coefficient (Wildman–Crippen LogP) is 5.77. The molecule has 2 fully saturated rings. The van der Waals surface area contributed by atoms with Crippen LogP contribution in [0, 0.1) is 5.41 Å². The molecule has 1 saturated carbocycles. The second-order valence-electron chi connectivity index (χ2n) is 11.5. The maximum absolute atomic E-state index is 13.5. The summed E-state index contributed by atoms with van der Waals surface area (Å²) >= 11 is 1.15. The summed E-state index contributed by atoms with van der Waals surface area (Å²) in [6, 6.07) is 10.8. The van der Waals surface area contributed by atoms with Crippen LogP contribution in [0.2, 0.25) is 0 Å². The number of hydrogen-bond donors (Lipinski definition) is 2. The lowest BCUT2D eigenvalue weighted by Crippen LogP contribution is -2.45. The van der Waals surface area contributed by atoms with Gasteiger partial charge in [-0.3, -0.25) is 9.52 Å². The van der Waals surface area contributed by atoms with E-state index in [2.05, 4.69) is 38.9 Å². The summed E-state index contributed by atoms with van der Waals surface area (Å²) in [7, 11) is 0. The molecule has 2 aliphatic heterocycles. The molecular weight excluding hydrogens is 555 g/mol. The highest BCUT2D eigenvalue weighted by atomic mass is 32.2. The van der Waals surface area contributed by atoms with Gasteiger partial charge in [-0.15, -0.1) is 5.10 Å². The number of fused-ring (bicyclic) bond motifs is 5. The number of rotatable bonds is 5. The SMILES string of the molecule is CC1(C)CCC2CCNc3cccc(n3)SNC(=O)c3ccc(-n4ccc(OCCC5(C(F)(F)F)CC5)n4)nc3N21. The fraction of sp³-hybridized carbons (Fsp3) is 0.500. The summed E-state index contributed by atoms with van der Waals surface area (Å²) in [5.41, 5.74) is -1.42. The van der Waals surface area contributed by atoms with Crippen LogP contribution in [0.1, 0.15) is 62.7 Å². The van der Waals surface area contributed by atoms with Gasteiger partial charge in [-0.05, 0) is 76.6 Å². The number of pyridine rings is 2. The molecule has 218 valence electrons. The van der Waals surface area contributed by atoms with Gasteiger partial charge in [0.25, 0.3) is 5.91 Å². The lowest BCUT2D eigenvalue weighted by atomic mass is 10.0. The average molecular weight is 588 g/mol. The number of carbonyl (C=O) groups is 1. The summed E-state index contributed by atoms with van der Waals surface area (Å²) in [4.78, 5) is 25.2. The number of carbonyl (C=O) groups excluding carboxylic acids is 1. The quantitative estimate of drug-likeness (QED) is 0.363. The zero-order valence-electron chi connectivity index (χ0n) is 22.9. The Kier molecular flexibility index (Phi) is 7.03. The van der Waals surface area contributed by atoms with Crippen LogP contribution in [-0.4, -0.2) is 56.6 Å². The Bertz CT molecular complexity index is 1440. The second-order valence-corrected chi connectivity index (χ2v) is 12.3. The molecule has 1 aliphatic carbocycles. The van der Waals surface area contributed by atoms with E-state index in [4.69, 9.17) is 9.72 Å². The molecule has 3 aromatic heterocycles. The van der Waals surface area contributed by atoms with Gasteiger partial charge < -0.3 is 15.0 Å². The molecule has 13 heteroatoms. The zero-order chi connectivity index (χ0) is 28.8.